The van der Waals surface area contributed by atoms with Gasteiger partial charge in [0, 0.05) is 23.9 Å². The minimum absolute atomic E-state index is 0.0567. The number of rotatable bonds is 6. The summed E-state index contributed by atoms with van der Waals surface area (Å²) < 4.78 is 0. The maximum atomic E-state index is 13.6. The van der Waals surface area contributed by atoms with Gasteiger partial charge in [-0.2, -0.15) is 0 Å². The van der Waals surface area contributed by atoms with Gasteiger partial charge in [0.2, 0.25) is 11.8 Å². The van der Waals surface area contributed by atoms with E-state index in [1.54, 1.807) is 11.3 Å². The molecule has 2 amide bonds. The van der Waals surface area contributed by atoms with Gasteiger partial charge in [-0.1, -0.05) is 44.0 Å². The molecule has 2 heterocycles. The van der Waals surface area contributed by atoms with Crippen LogP contribution >= 0.6 is 11.3 Å². The van der Waals surface area contributed by atoms with E-state index in [0.29, 0.717) is 13.1 Å². The van der Waals surface area contributed by atoms with Gasteiger partial charge in [-0.15, -0.1) is 11.3 Å². The zero-order chi connectivity index (χ0) is 21.1. The first kappa shape index (κ1) is 21.1. The van der Waals surface area contributed by atoms with Gasteiger partial charge in [-0.3, -0.25) is 9.59 Å². The normalized spacial score (nSPS) is 19.0. The second-order valence-electron chi connectivity index (χ2n) is 8.64. The Hall–Kier alpha value is -2.14. The number of carbonyl (C=O) groups excluding carboxylic acids is 2. The lowest BCUT2D eigenvalue weighted by Crippen LogP contribution is -2.48. The molecule has 0 bridgehead atoms. The first-order valence-corrected chi connectivity index (χ1v) is 12.2. The molecule has 0 spiro atoms. The third-order valence-electron chi connectivity index (χ3n) is 6.61. The lowest BCUT2D eigenvalue weighted by Gasteiger charge is -2.38. The first-order chi connectivity index (χ1) is 14.6. The van der Waals surface area contributed by atoms with E-state index in [1.165, 1.54) is 21.6 Å². The van der Waals surface area contributed by atoms with E-state index in [9.17, 15) is 9.59 Å². The van der Waals surface area contributed by atoms with E-state index in [4.69, 9.17) is 0 Å². The van der Waals surface area contributed by atoms with Crippen molar-refractivity contribution in [2.24, 2.45) is 5.92 Å². The molecule has 0 radical (unpaired) electrons. The fourth-order valence-corrected chi connectivity index (χ4v) is 5.94. The fraction of sp³-hybridized carbons (Fsp3) is 0.520. The predicted octanol–water partition coefficient (Wildman–Crippen LogP) is 4.96. The van der Waals surface area contributed by atoms with Crippen molar-refractivity contribution >= 4 is 23.2 Å². The SMILES string of the molecule is CCCN(CC(=O)N1CCc2sccc2[C@@H]1c1ccccc1C)C(=O)C1CCCC1. The molecule has 1 aromatic carbocycles. The zero-order valence-corrected chi connectivity index (χ0v) is 18.9. The van der Waals surface area contributed by atoms with E-state index in [1.807, 2.05) is 15.9 Å². The van der Waals surface area contributed by atoms with E-state index >= 15 is 0 Å². The number of carbonyl (C=O) groups is 2. The quantitative estimate of drug-likeness (QED) is 0.658. The van der Waals surface area contributed by atoms with Gasteiger partial charge in [0.15, 0.2) is 0 Å². The standard InChI is InChI=1S/C25H32N2O2S/c1-3-14-26(25(29)19-9-5-6-10-19)17-23(28)27-15-12-22-21(13-16-30-22)24(27)20-11-7-4-8-18(20)2/h4,7-8,11,13,16,19,24H,3,5-6,9-10,12,14-15,17H2,1-2H3/t24-/m0/s1. The van der Waals surface area contributed by atoms with Crippen LogP contribution in [0.5, 0.6) is 0 Å². The summed E-state index contributed by atoms with van der Waals surface area (Å²) in [5.41, 5.74) is 3.64. The number of amides is 2. The van der Waals surface area contributed by atoms with Crippen molar-refractivity contribution in [2.75, 3.05) is 19.6 Å². The van der Waals surface area contributed by atoms with E-state index < -0.39 is 0 Å². The molecular formula is C25H32N2O2S. The first-order valence-electron chi connectivity index (χ1n) is 11.3. The molecule has 5 heteroatoms. The Bertz CT molecular complexity index is 900. The van der Waals surface area contributed by atoms with Crippen LogP contribution in [0.2, 0.25) is 0 Å². The molecule has 2 aliphatic rings. The Morgan fingerprint density at radius 3 is 2.63 bits per heavy atom. The summed E-state index contributed by atoms with van der Waals surface area (Å²) in [4.78, 5) is 31.9. The van der Waals surface area contributed by atoms with Crippen molar-refractivity contribution in [3.63, 3.8) is 0 Å². The Morgan fingerprint density at radius 1 is 1.13 bits per heavy atom. The van der Waals surface area contributed by atoms with E-state index in [-0.39, 0.29) is 30.3 Å². The summed E-state index contributed by atoms with van der Waals surface area (Å²) in [6.45, 7) is 5.77. The van der Waals surface area contributed by atoms with Gasteiger partial charge in [0.05, 0.1) is 12.6 Å². The Morgan fingerprint density at radius 2 is 1.90 bits per heavy atom. The number of nitrogens with zero attached hydrogens (tertiary/aromatic N) is 2. The average molecular weight is 425 g/mol. The van der Waals surface area contributed by atoms with E-state index in [0.717, 1.165) is 38.5 Å². The van der Waals surface area contributed by atoms with Crippen LogP contribution in [0.3, 0.4) is 0 Å². The van der Waals surface area contributed by atoms with Gasteiger partial charge in [0.1, 0.15) is 0 Å². The Balaban J connectivity index is 1.59. The van der Waals surface area contributed by atoms with Crippen LogP contribution in [-0.2, 0) is 16.0 Å². The predicted molar refractivity (Wildman–Crippen MR) is 122 cm³/mol. The molecular weight excluding hydrogens is 392 g/mol. The van der Waals surface area contributed by atoms with Crippen molar-refractivity contribution < 1.29 is 9.59 Å². The van der Waals surface area contributed by atoms with Crippen molar-refractivity contribution in [1.82, 2.24) is 9.80 Å². The summed E-state index contributed by atoms with van der Waals surface area (Å²) in [6, 6.07) is 10.5. The molecule has 0 unspecified atom stereocenters. The molecule has 30 heavy (non-hydrogen) atoms. The fourth-order valence-electron chi connectivity index (χ4n) is 5.04. The van der Waals surface area contributed by atoms with E-state index in [2.05, 4.69) is 43.5 Å². The second kappa shape index (κ2) is 9.34. The summed E-state index contributed by atoms with van der Waals surface area (Å²) >= 11 is 1.78. The van der Waals surface area contributed by atoms with Gasteiger partial charge in [-0.25, -0.2) is 0 Å². The summed E-state index contributed by atoms with van der Waals surface area (Å²) in [5, 5.41) is 2.14. The third kappa shape index (κ3) is 4.18. The lowest BCUT2D eigenvalue weighted by atomic mass is 9.90. The smallest absolute Gasteiger partial charge is 0.242 e. The Kier molecular flexibility index (Phi) is 6.57. The summed E-state index contributed by atoms with van der Waals surface area (Å²) in [6.07, 6.45) is 5.98. The van der Waals surface area contributed by atoms with Crippen LogP contribution in [-0.4, -0.2) is 41.2 Å². The van der Waals surface area contributed by atoms with Crippen LogP contribution in [0, 0.1) is 12.8 Å². The maximum Gasteiger partial charge on any atom is 0.242 e. The van der Waals surface area contributed by atoms with Crippen LogP contribution in [0.15, 0.2) is 35.7 Å². The number of hydrogen-bond donors (Lipinski definition) is 0. The highest BCUT2D eigenvalue weighted by Gasteiger charge is 2.35. The lowest BCUT2D eigenvalue weighted by molar-refractivity contribution is -0.144. The molecule has 160 valence electrons. The summed E-state index contributed by atoms with van der Waals surface area (Å²) in [7, 11) is 0. The molecule has 1 aliphatic carbocycles. The van der Waals surface area contributed by atoms with Crippen molar-refractivity contribution in [2.45, 2.75) is 58.4 Å². The molecule has 4 nitrogen and oxygen atoms in total. The average Bonchev–Trinajstić information content (AvgIpc) is 3.44. The highest BCUT2D eigenvalue weighted by atomic mass is 32.1. The molecule has 1 aromatic heterocycles. The van der Waals surface area contributed by atoms with Gasteiger partial charge in [-0.05, 0) is 60.7 Å². The maximum absolute atomic E-state index is 13.6. The van der Waals surface area contributed by atoms with Crippen LogP contribution in [0.25, 0.3) is 0 Å². The zero-order valence-electron chi connectivity index (χ0n) is 18.1. The number of benzene rings is 1. The summed E-state index contributed by atoms with van der Waals surface area (Å²) in [5.74, 6) is 0.365. The topological polar surface area (TPSA) is 40.6 Å². The van der Waals surface area contributed by atoms with Crippen LogP contribution < -0.4 is 0 Å². The largest absolute Gasteiger partial charge is 0.333 e. The van der Waals surface area contributed by atoms with Gasteiger partial charge in [0.25, 0.3) is 0 Å². The van der Waals surface area contributed by atoms with Crippen LogP contribution in [0.4, 0.5) is 0 Å². The van der Waals surface area contributed by atoms with Gasteiger partial charge < -0.3 is 9.80 Å². The Labute approximate surface area is 183 Å². The highest BCUT2D eigenvalue weighted by Crippen LogP contribution is 2.39. The minimum Gasteiger partial charge on any atom is -0.333 e. The number of thiophene rings is 1. The molecule has 0 saturated heterocycles. The molecule has 0 N–H and O–H groups in total. The third-order valence-corrected chi connectivity index (χ3v) is 7.60. The van der Waals surface area contributed by atoms with Gasteiger partial charge >= 0.3 is 0 Å². The highest BCUT2D eigenvalue weighted by molar-refractivity contribution is 7.10. The monoisotopic (exact) mass is 424 g/mol. The number of aryl methyl sites for hydroxylation is 1. The number of fused-ring (bicyclic) bond motifs is 1. The van der Waals surface area contributed by atoms with Crippen molar-refractivity contribution in [3.05, 3.63) is 57.3 Å². The number of hydrogen-bond acceptors (Lipinski definition) is 3. The molecule has 1 atom stereocenters. The van der Waals surface area contributed by atoms with Crippen LogP contribution in [0.1, 0.15) is 66.6 Å². The minimum atomic E-state index is -0.0567. The molecule has 1 fully saturated rings. The molecule has 2 aromatic rings. The second-order valence-corrected chi connectivity index (χ2v) is 9.64. The molecule has 1 saturated carbocycles. The van der Waals surface area contributed by atoms with Crippen molar-refractivity contribution in [3.8, 4) is 0 Å². The molecule has 1 aliphatic heterocycles. The molecule has 4 rings (SSSR count). The van der Waals surface area contributed by atoms with Crippen molar-refractivity contribution in [1.29, 1.82) is 0 Å².